The van der Waals surface area contributed by atoms with Crippen LogP contribution in [-0.2, 0) is 4.79 Å². The Labute approximate surface area is 261 Å². The van der Waals surface area contributed by atoms with E-state index in [1.807, 2.05) is 125 Å². The zero-order chi connectivity index (χ0) is 31.8. The van der Waals surface area contributed by atoms with Crippen LogP contribution in [-0.4, -0.2) is 5.78 Å². The fourth-order valence-electron chi connectivity index (χ4n) is 5.54. The van der Waals surface area contributed by atoms with Gasteiger partial charge in [0.1, 0.15) is 0 Å². The van der Waals surface area contributed by atoms with Crippen LogP contribution in [0.3, 0.4) is 0 Å². The van der Waals surface area contributed by atoms with E-state index in [1.165, 1.54) is 0 Å². The first-order chi connectivity index (χ1) is 21.0. The van der Waals surface area contributed by atoms with E-state index in [-0.39, 0.29) is 5.78 Å². The summed E-state index contributed by atoms with van der Waals surface area (Å²) in [5.41, 5.74) is 34.2. The van der Waals surface area contributed by atoms with Crippen molar-refractivity contribution in [3.63, 3.8) is 0 Å². The van der Waals surface area contributed by atoms with E-state index in [0.29, 0.717) is 22.7 Å². The van der Waals surface area contributed by atoms with Gasteiger partial charge in [0.2, 0.25) is 0 Å². The van der Waals surface area contributed by atoms with Crippen LogP contribution in [0.25, 0.3) is 24.3 Å². The van der Waals surface area contributed by atoms with Gasteiger partial charge in [0, 0.05) is 22.7 Å². The number of benzene rings is 4. The summed E-state index contributed by atoms with van der Waals surface area (Å²) in [6.45, 7) is 8.09. The summed E-state index contributed by atoms with van der Waals surface area (Å²) >= 11 is 0. The van der Waals surface area contributed by atoms with E-state index >= 15 is 0 Å². The van der Waals surface area contributed by atoms with Crippen molar-refractivity contribution in [1.29, 1.82) is 0 Å². The predicted molar refractivity (Wildman–Crippen MR) is 190 cm³/mol. The van der Waals surface area contributed by atoms with E-state index in [1.54, 1.807) is 0 Å². The monoisotopic (exact) mass is 582 g/mol. The molecule has 8 N–H and O–H groups in total. The van der Waals surface area contributed by atoms with Crippen molar-refractivity contribution in [2.24, 2.45) is 11.8 Å². The molecule has 0 aromatic heterocycles. The Kier molecular flexibility index (Phi) is 10.3. The summed E-state index contributed by atoms with van der Waals surface area (Å²) in [5, 5.41) is 0. The lowest BCUT2D eigenvalue weighted by molar-refractivity contribution is -0.122. The Morgan fingerprint density at radius 1 is 0.409 bits per heavy atom. The third kappa shape index (κ3) is 8.39. The predicted octanol–water partition coefficient (Wildman–Crippen LogP) is 8.53. The summed E-state index contributed by atoms with van der Waals surface area (Å²) < 4.78 is 0. The number of nitrogen functional groups attached to an aromatic ring is 4. The van der Waals surface area contributed by atoms with E-state index in [0.717, 1.165) is 44.5 Å². The lowest BCUT2D eigenvalue weighted by Gasteiger charge is -2.26. The molecule has 0 aliphatic rings. The lowest BCUT2D eigenvalue weighted by atomic mass is 9.76. The van der Waals surface area contributed by atoms with Crippen LogP contribution >= 0.6 is 0 Å². The Hall–Kier alpha value is -5.29. The summed E-state index contributed by atoms with van der Waals surface area (Å²) in [6.07, 6.45) is 8.27. The highest BCUT2D eigenvalue weighted by Gasteiger charge is 2.31. The SMILES string of the molecule is CC(=Cc1ccc(N)cc1)C(C(=O)C(C(C)=Cc1ccc(N)cc1)C(C)=Cc1ccc(N)cc1)C(C)=Cc1ccc(N)cc1. The van der Waals surface area contributed by atoms with E-state index < -0.39 is 11.8 Å². The van der Waals surface area contributed by atoms with Gasteiger partial charge in [0.25, 0.3) is 0 Å². The van der Waals surface area contributed by atoms with Crippen molar-refractivity contribution in [2.45, 2.75) is 27.7 Å². The maximum Gasteiger partial charge on any atom is 0.155 e. The van der Waals surface area contributed by atoms with Crippen LogP contribution < -0.4 is 22.9 Å². The van der Waals surface area contributed by atoms with Crippen molar-refractivity contribution in [1.82, 2.24) is 0 Å². The average Bonchev–Trinajstić information content (AvgIpc) is 2.98. The first-order valence-electron chi connectivity index (χ1n) is 14.7. The molecule has 0 saturated carbocycles. The normalized spacial score (nSPS) is 14.3. The van der Waals surface area contributed by atoms with Crippen molar-refractivity contribution in [3.8, 4) is 0 Å². The fraction of sp³-hybridized carbons (Fsp3) is 0.154. The molecule has 4 aromatic carbocycles. The Balaban J connectivity index is 1.86. The average molecular weight is 583 g/mol. The van der Waals surface area contributed by atoms with Gasteiger partial charge in [-0.25, -0.2) is 0 Å². The molecule has 0 aliphatic carbocycles. The molecule has 0 bridgehead atoms. The van der Waals surface area contributed by atoms with Gasteiger partial charge in [-0.3, -0.25) is 4.79 Å². The number of hydrogen-bond donors (Lipinski definition) is 4. The van der Waals surface area contributed by atoms with Crippen LogP contribution in [0.1, 0.15) is 49.9 Å². The van der Waals surface area contributed by atoms with Crippen LogP contribution in [0.2, 0.25) is 0 Å². The third-order valence-electron chi connectivity index (χ3n) is 7.71. The maximum absolute atomic E-state index is 14.9. The zero-order valence-electron chi connectivity index (χ0n) is 25.9. The number of allylic oxidation sites excluding steroid dienone is 4. The third-order valence-corrected chi connectivity index (χ3v) is 7.71. The molecule has 5 nitrogen and oxygen atoms in total. The van der Waals surface area contributed by atoms with E-state index in [4.69, 9.17) is 22.9 Å². The molecular weight excluding hydrogens is 540 g/mol. The quantitative estimate of drug-likeness (QED) is 0.140. The van der Waals surface area contributed by atoms with Gasteiger partial charge in [-0.05, 0) is 98.5 Å². The van der Waals surface area contributed by atoms with Gasteiger partial charge in [0.15, 0.2) is 5.78 Å². The number of rotatable bonds is 10. The Morgan fingerprint density at radius 3 is 0.773 bits per heavy atom. The highest BCUT2D eigenvalue weighted by atomic mass is 16.1. The number of Topliss-reactive ketones (excluding diaryl/α,β-unsaturated/α-hetero) is 1. The fourth-order valence-corrected chi connectivity index (χ4v) is 5.54. The lowest BCUT2D eigenvalue weighted by Crippen LogP contribution is -2.27. The van der Waals surface area contributed by atoms with Crippen molar-refractivity contribution in [2.75, 3.05) is 22.9 Å². The van der Waals surface area contributed by atoms with E-state index in [2.05, 4.69) is 24.3 Å². The second kappa shape index (κ2) is 14.3. The van der Waals surface area contributed by atoms with Crippen LogP contribution in [0.5, 0.6) is 0 Å². The number of carbonyl (C=O) groups excluding carboxylic acids is 1. The second-order valence-corrected chi connectivity index (χ2v) is 11.5. The number of nitrogens with two attached hydrogens (primary N) is 4. The number of hydrogen-bond acceptors (Lipinski definition) is 5. The van der Waals surface area contributed by atoms with Crippen LogP contribution in [0.15, 0.2) is 119 Å². The van der Waals surface area contributed by atoms with Gasteiger partial charge < -0.3 is 22.9 Å². The number of ketones is 1. The number of anilines is 4. The molecule has 4 rings (SSSR count). The molecule has 224 valence electrons. The van der Waals surface area contributed by atoms with Gasteiger partial charge in [-0.2, -0.15) is 0 Å². The Bertz CT molecular complexity index is 1460. The van der Waals surface area contributed by atoms with Crippen molar-refractivity contribution < 1.29 is 4.79 Å². The molecule has 0 heterocycles. The smallest absolute Gasteiger partial charge is 0.155 e. The zero-order valence-corrected chi connectivity index (χ0v) is 25.9. The molecule has 0 radical (unpaired) electrons. The maximum atomic E-state index is 14.9. The van der Waals surface area contributed by atoms with Crippen LogP contribution in [0.4, 0.5) is 22.7 Å². The highest BCUT2D eigenvalue weighted by Crippen LogP contribution is 2.35. The standard InChI is InChI=1S/C39H42N4O/c1-25(21-29-5-13-33(40)14-6-29)37(26(2)22-30-7-15-34(41)16-8-30)39(44)38(27(3)23-31-9-17-35(42)18-10-31)28(4)24-32-11-19-36(43)20-12-32/h5-24,37-38H,40-43H2,1-4H3. The van der Waals surface area contributed by atoms with E-state index in [9.17, 15) is 4.79 Å². The molecule has 44 heavy (non-hydrogen) atoms. The minimum absolute atomic E-state index is 0.0896. The van der Waals surface area contributed by atoms with Gasteiger partial charge >= 0.3 is 0 Å². The topological polar surface area (TPSA) is 121 Å². The second-order valence-electron chi connectivity index (χ2n) is 11.5. The summed E-state index contributed by atoms with van der Waals surface area (Å²) in [4.78, 5) is 14.9. The molecule has 0 amide bonds. The first kappa shape index (κ1) is 31.6. The minimum atomic E-state index is -0.486. The molecule has 0 fully saturated rings. The molecular formula is C39H42N4O. The number of carbonyl (C=O) groups is 1. The molecule has 4 aromatic rings. The minimum Gasteiger partial charge on any atom is -0.399 e. The molecule has 0 saturated heterocycles. The summed E-state index contributed by atoms with van der Waals surface area (Å²) in [5.74, 6) is -0.883. The van der Waals surface area contributed by atoms with Crippen molar-refractivity contribution in [3.05, 3.63) is 142 Å². The Morgan fingerprint density at radius 2 is 0.591 bits per heavy atom. The molecule has 0 unspecified atom stereocenters. The molecule has 5 heteroatoms. The first-order valence-corrected chi connectivity index (χ1v) is 14.7. The molecule has 0 spiro atoms. The highest BCUT2D eigenvalue weighted by molar-refractivity contribution is 5.96. The molecule has 0 atom stereocenters. The summed E-state index contributed by atoms with van der Waals surface area (Å²) in [6, 6.07) is 30.7. The summed E-state index contributed by atoms with van der Waals surface area (Å²) in [7, 11) is 0. The van der Waals surface area contributed by atoms with Gasteiger partial charge in [-0.15, -0.1) is 0 Å². The largest absolute Gasteiger partial charge is 0.399 e. The van der Waals surface area contributed by atoms with Gasteiger partial charge in [0.05, 0.1) is 11.8 Å². The van der Waals surface area contributed by atoms with Gasteiger partial charge in [-0.1, -0.05) is 95.1 Å². The van der Waals surface area contributed by atoms with Crippen LogP contribution in [0, 0.1) is 11.8 Å². The van der Waals surface area contributed by atoms with Crippen molar-refractivity contribution >= 4 is 52.8 Å². The molecule has 0 aliphatic heterocycles.